The minimum absolute atomic E-state index is 0.0250. The van der Waals surface area contributed by atoms with E-state index in [-0.39, 0.29) is 5.69 Å². The van der Waals surface area contributed by atoms with E-state index in [1.165, 1.54) is 6.08 Å². The van der Waals surface area contributed by atoms with Gasteiger partial charge in [0, 0.05) is 10.9 Å². The number of rotatable bonds is 1. The van der Waals surface area contributed by atoms with E-state index in [1.807, 2.05) is 36.4 Å². The zero-order valence-corrected chi connectivity index (χ0v) is 13.0. The van der Waals surface area contributed by atoms with Gasteiger partial charge in [-0.05, 0) is 33.7 Å². The molecule has 2 atom stereocenters. The lowest BCUT2D eigenvalue weighted by atomic mass is 9.83. The number of fused-ring (bicyclic) bond motifs is 2. The molecule has 0 aromatic heterocycles. The molecule has 0 spiro atoms. The Morgan fingerprint density at radius 1 is 0.920 bits per heavy atom. The summed E-state index contributed by atoms with van der Waals surface area (Å²) < 4.78 is 0. The van der Waals surface area contributed by atoms with Crippen molar-refractivity contribution in [3.8, 4) is 0 Å². The highest BCUT2D eigenvalue weighted by molar-refractivity contribution is 6.26. The first-order valence-corrected chi connectivity index (χ1v) is 8.00. The number of nitro benzene ring substituents is 1. The fourth-order valence-corrected chi connectivity index (χ4v) is 4.08. The van der Waals surface area contributed by atoms with Gasteiger partial charge in [-0.15, -0.1) is 0 Å². The second-order valence-electron chi connectivity index (χ2n) is 6.41. The highest BCUT2D eigenvalue weighted by Crippen LogP contribution is 2.46. The monoisotopic (exact) mass is 331 g/mol. The molecule has 2 N–H and O–H groups in total. The van der Waals surface area contributed by atoms with Crippen LogP contribution in [-0.2, 0) is 0 Å². The van der Waals surface area contributed by atoms with Crippen molar-refractivity contribution < 1.29 is 15.1 Å². The molecule has 1 aliphatic carbocycles. The Morgan fingerprint density at radius 2 is 1.60 bits per heavy atom. The number of aliphatic hydroxyl groups excluding tert-OH is 2. The lowest BCUT2D eigenvalue weighted by Gasteiger charge is -2.25. The zero-order chi connectivity index (χ0) is 17.3. The van der Waals surface area contributed by atoms with Crippen molar-refractivity contribution in [3.05, 3.63) is 69.8 Å². The quantitative estimate of drug-likeness (QED) is 0.315. The predicted octanol–water partition coefficient (Wildman–Crippen LogP) is 3.91. The highest BCUT2D eigenvalue weighted by atomic mass is 16.6. The number of aliphatic hydroxyl groups is 2. The summed E-state index contributed by atoms with van der Waals surface area (Å²) in [6.07, 6.45) is 0.672. The normalized spacial score (nSPS) is 19.8. The van der Waals surface area contributed by atoms with Crippen molar-refractivity contribution in [3.63, 3.8) is 0 Å². The first kappa shape index (κ1) is 14.3. The molecular formula is C20H13NO4. The Bertz CT molecular complexity index is 1200. The summed E-state index contributed by atoms with van der Waals surface area (Å²) in [6.45, 7) is 0. The van der Waals surface area contributed by atoms with Crippen LogP contribution in [0.4, 0.5) is 5.69 Å². The van der Waals surface area contributed by atoms with E-state index in [9.17, 15) is 20.3 Å². The van der Waals surface area contributed by atoms with E-state index in [2.05, 4.69) is 0 Å². The van der Waals surface area contributed by atoms with Crippen molar-refractivity contribution in [1.82, 2.24) is 0 Å². The van der Waals surface area contributed by atoms with Gasteiger partial charge in [0.05, 0.1) is 15.9 Å². The minimum atomic E-state index is -1.19. The van der Waals surface area contributed by atoms with Crippen LogP contribution >= 0.6 is 0 Å². The third-order valence-electron chi connectivity index (χ3n) is 5.13. The Balaban J connectivity index is 2.13. The van der Waals surface area contributed by atoms with E-state index in [0.29, 0.717) is 16.5 Å². The summed E-state index contributed by atoms with van der Waals surface area (Å²) >= 11 is 0. The second kappa shape index (κ2) is 4.75. The van der Waals surface area contributed by atoms with Gasteiger partial charge in [0.15, 0.2) is 0 Å². The number of nitro groups is 1. The molecule has 5 heteroatoms. The summed E-state index contributed by atoms with van der Waals surface area (Å²) in [4.78, 5) is 11.4. The van der Waals surface area contributed by atoms with Gasteiger partial charge in [0.2, 0.25) is 0 Å². The fraction of sp³-hybridized carbons (Fsp3) is 0.100. The first-order chi connectivity index (χ1) is 12.1. The van der Waals surface area contributed by atoms with Gasteiger partial charge >= 0.3 is 0 Å². The van der Waals surface area contributed by atoms with Crippen LogP contribution < -0.4 is 0 Å². The molecule has 0 unspecified atom stereocenters. The largest absolute Gasteiger partial charge is 0.386 e. The van der Waals surface area contributed by atoms with Gasteiger partial charge in [-0.3, -0.25) is 10.1 Å². The first-order valence-electron chi connectivity index (χ1n) is 8.00. The molecule has 0 bridgehead atoms. The Labute approximate surface area is 141 Å². The molecule has 25 heavy (non-hydrogen) atoms. The average Bonchev–Trinajstić information content (AvgIpc) is 2.61. The van der Waals surface area contributed by atoms with Crippen LogP contribution in [0, 0.1) is 10.1 Å². The Kier molecular flexibility index (Phi) is 2.72. The van der Waals surface area contributed by atoms with Crippen molar-refractivity contribution in [1.29, 1.82) is 0 Å². The van der Waals surface area contributed by atoms with Gasteiger partial charge < -0.3 is 10.2 Å². The maximum Gasteiger partial charge on any atom is 0.284 e. The minimum Gasteiger partial charge on any atom is -0.386 e. The molecule has 0 saturated heterocycles. The van der Waals surface area contributed by atoms with Crippen LogP contribution in [0.25, 0.3) is 38.4 Å². The van der Waals surface area contributed by atoms with E-state index in [4.69, 9.17) is 0 Å². The van der Waals surface area contributed by atoms with Crippen LogP contribution in [-0.4, -0.2) is 21.2 Å². The molecule has 0 aliphatic heterocycles. The number of hydrogen-bond acceptors (Lipinski definition) is 4. The number of hydrogen-bond donors (Lipinski definition) is 2. The van der Waals surface area contributed by atoms with Crippen LogP contribution in [0.1, 0.15) is 17.2 Å². The molecule has 4 aromatic rings. The maximum atomic E-state index is 11.8. The van der Waals surface area contributed by atoms with Crippen molar-refractivity contribution >= 4 is 44.1 Å². The van der Waals surface area contributed by atoms with E-state index in [1.54, 1.807) is 12.1 Å². The molecule has 0 heterocycles. The molecule has 1 aliphatic rings. The molecule has 122 valence electrons. The summed E-state index contributed by atoms with van der Waals surface area (Å²) in [5.41, 5.74) is 0.768. The van der Waals surface area contributed by atoms with Crippen molar-refractivity contribution in [2.45, 2.75) is 12.2 Å². The molecule has 0 fully saturated rings. The topological polar surface area (TPSA) is 83.6 Å². The third kappa shape index (κ3) is 1.74. The molecule has 4 aromatic carbocycles. The summed E-state index contributed by atoms with van der Waals surface area (Å²) in [5, 5.41) is 37.4. The van der Waals surface area contributed by atoms with Gasteiger partial charge in [-0.2, -0.15) is 0 Å². The molecule has 0 saturated carbocycles. The Hall–Kier alpha value is -3.02. The SMILES string of the molecule is O=[N+]([O-])c1c2c(c3ccc4cccc5ccc1c3c45)[C@@H](O)[C@@H](O)C=C2. The summed E-state index contributed by atoms with van der Waals surface area (Å²) in [7, 11) is 0. The van der Waals surface area contributed by atoms with Crippen LogP contribution in [0.15, 0.2) is 48.5 Å². The fourth-order valence-electron chi connectivity index (χ4n) is 4.08. The number of nitrogens with zero attached hydrogens (tertiary/aromatic N) is 1. The van der Waals surface area contributed by atoms with Crippen LogP contribution in [0.2, 0.25) is 0 Å². The van der Waals surface area contributed by atoms with E-state index < -0.39 is 17.1 Å². The molecular weight excluding hydrogens is 318 g/mol. The predicted molar refractivity (Wildman–Crippen MR) is 96.8 cm³/mol. The van der Waals surface area contributed by atoms with E-state index in [0.717, 1.165) is 26.9 Å². The average molecular weight is 331 g/mol. The molecule has 5 rings (SSSR count). The third-order valence-corrected chi connectivity index (χ3v) is 5.13. The van der Waals surface area contributed by atoms with Crippen molar-refractivity contribution in [2.75, 3.05) is 0 Å². The smallest absolute Gasteiger partial charge is 0.284 e. The summed E-state index contributed by atoms with van der Waals surface area (Å²) in [5.74, 6) is 0. The zero-order valence-electron chi connectivity index (χ0n) is 13.0. The van der Waals surface area contributed by atoms with Gasteiger partial charge in [-0.25, -0.2) is 0 Å². The lowest BCUT2D eigenvalue weighted by Crippen LogP contribution is -2.20. The van der Waals surface area contributed by atoms with Gasteiger partial charge in [0.1, 0.15) is 12.2 Å². The second-order valence-corrected chi connectivity index (χ2v) is 6.41. The molecule has 0 amide bonds. The molecule has 0 radical (unpaired) electrons. The highest BCUT2D eigenvalue weighted by Gasteiger charge is 2.32. The summed E-state index contributed by atoms with van der Waals surface area (Å²) in [6, 6.07) is 13.4. The number of benzene rings is 4. The standard InChI is InChI=1S/C20H13NO4/c22-15-9-8-14-18(20(15)23)12-6-4-10-2-1-3-11-5-7-13(17(12)16(10)11)19(14)21(24)25/h1-9,15,20,22-23H/t15-,20-/m0/s1. The molecule has 5 nitrogen and oxygen atoms in total. The maximum absolute atomic E-state index is 11.8. The lowest BCUT2D eigenvalue weighted by molar-refractivity contribution is -0.383. The van der Waals surface area contributed by atoms with Crippen LogP contribution in [0.3, 0.4) is 0 Å². The Morgan fingerprint density at radius 3 is 2.28 bits per heavy atom. The van der Waals surface area contributed by atoms with Gasteiger partial charge in [-0.1, -0.05) is 42.5 Å². The van der Waals surface area contributed by atoms with Gasteiger partial charge in [0.25, 0.3) is 5.69 Å². The van der Waals surface area contributed by atoms with Crippen LogP contribution in [0.5, 0.6) is 0 Å². The van der Waals surface area contributed by atoms with E-state index >= 15 is 0 Å². The van der Waals surface area contributed by atoms with Crippen molar-refractivity contribution in [2.24, 2.45) is 0 Å².